The van der Waals surface area contributed by atoms with Crippen LogP contribution in [0.25, 0.3) is 65.7 Å². The first kappa shape index (κ1) is 33.7. The summed E-state index contributed by atoms with van der Waals surface area (Å²) in [6.45, 7) is 0. The standard InChI is InChI=1S/C55H38N2O/c1-3-13-37(14-4-1)42-19-11-20-46(35-42)57(45-32-27-39(28-33-45)51-36-43-17-7-8-21-47(43)49-22-9-10-23-50(49)51)44-30-25-38(26-31-44)48-24-12-18-40-29-34-52-54(53(40)48)58-55(56-52)41-15-5-2-6-16-41/h1-36,55-56H. The van der Waals surface area contributed by atoms with Gasteiger partial charge in [-0.3, -0.25) is 0 Å². The number of hydrogen-bond donors (Lipinski definition) is 1. The van der Waals surface area contributed by atoms with Crippen molar-refractivity contribution in [1.29, 1.82) is 0 Å². The van der Waals surface area contributed by atoms with E-state index in [1.165, 1.54) is 43.8 Å². The topological polar surface area (TPSA) is 24.5 Å². The summed E-state index contributed by atoms with van der Waals surface area (Å²) in [5, 5.41) is 10.9. The van der Waals surface area contributed by atoms with Gasteiger partial charge < -0.3 is 15.0 Å². The third kappa shape index (κ3) is 5.93. The molecular formula is C55H38N2O. The van der Waals surface area contributed by atoms with Gasteiger partial charge in [0.2, 0.25) is 0 Å². The SMILES string of the molecule is c1ccc(-c2cccc(N(c3ccc(-c4cc5ccccc5c5ccccc45)cc3)c3ccc(-c4cccc5ccc6c(c45)OC(c4ccccc4)N6)cc3)c2)cc1. The van der Waals surface area contributed by atoms with Gasteiger partial charge in [-0.05, 0) is 109 Å². The summed E-state index contributed by atoms with van der Waals surface area (Å²) in [6.07, 6.45) is -0.233. The highest BCUT2D eigenvalue weighted by atomic mass is 16.5. The molecule has 10 aromatic carbocycles. The lowest BCUT2D eigenvalue weighted by molar-refractivity contribution is 0.262. The van der Waals surface area contributed by atoms with Crippen molar-refractivity contribution >= 4 is 55.1 Å². The molecule has 0 aliphatic carbocycles. The lowest BCUT2D eigenvalue weighted by Gasteiger charge is -2.26. The second kappa shape index (κ2) is 14.1. The second-order valence-corrected chi connectivity index (χ2v) is 14.9. The van der Waals surface area contributed by atoms with Crippen LogP contribution in [0.2, 0.25) is 0 Å². The fraction of sp³-hybridized carbons (Fsp3) is 0.0182. The zero-order valence-corrected chi connectivity index (χ0v) is 31.7. The number of anilines is 4. The molecule has 0 spiro atoms. The average molecular weight is 743 g/mol. The van der Waals surface area contributed by atoms with Crippen LogP contribution in [-0.2, 0) is 0 Å². The maximum atomic E-state index is 6.66. The number of nitrogens with one attached hydrogen (secondary N) is 1. The maximum Gasteiger partial charge on any atom is 0.196 e. The van der Waals surface area contributed by atoms with Crippen LogP contribution in [0.4, 0.5) is 22.7 Å². The van der Waals surface area contributed by atoms with Gasteiger partial charge in [-0.25, -0.2) is 0 Å². The summed E-state index contributed by atoms with van der Waals surface area (Å²) in [6, 6.07) is 78.3. The van der Waals surface area contributed by atoms with E-state index in [-0.39, 0.29) is 6.23 Å². The van der Waals surface area contributed by atoms with E-state index >= 15 is 0 Å². The molecule has 0 radical (unpaired) electrons. The van der Waals surface area contributed by atoms with E-state index in [9.17, 15) is 0 Å². The zero-order valence-electron chi connectivity index (χ0n) is 31.7. The maximum absolute atomic E-state index is 6.66. The highest BCUT2D eigenvalue weighted by Gasteiger charge is 2.26. The molecular weight excluding hydrogens is 705 g/mol. The Morgan fingerprint density at radius 2 is 0.983 bits per heavy atom. The highest BCUT2D eigenvalue weighted by Crippen LogP contribution is 2.47. The third-order valence-electron chi connectivity index (χ3n) is 11.5. The Balaban J connectivity index is 1.00. The number of nitrogens with zero attached hydrogens (tertiary/aromatic N) is 1. The Labute approximate surface area is 338 Å². The molecule has 274 valence electrons. The van der Waals surface area contributed by atoms with Crippen molar-refractivity contribution in [2.24, 2.45) is 0 Å². The first-order valence-electron chi connectivity index (χ1n) is 19.9. The van der Waals surface area contributed by atoms with E-state index in [4.69, 9.17) is 4.74 Å². The van der Waals surface area contributed by atoms with Crippen LogP contribution >= 0.6 is 0 Å². The zero-order chi connectivity index (χ0) is 38.4. The van der Waals surface area contributed by atoms with Crippen LogP contribution in [0.15, 0.2) is 218 Å². The van der Waals surface area contributed by atoms with Crippen molar-refractivity contribution in [2.75, 3.05) is 10.2 Å². The predicted molar refractivity (Wildman–Crippen MR) is 243 cm³/mol. The van der Waals surface area contributed by atoms with Gasteiger partial charge in [-0.15, -0.1) is 0 Å². The van der Waals surface area contributed by atoms with E-state index in [2.05, 4.69) is 223 Å². The van der Waals surface area contributed by atoms with Gasteiger partial charge >= 0.3 is 0 Å². The van der Waals surface area contributed by atoms with Crippen LogP contribution in [-0.4, -0.2) is 0 Å². The summed E-state index contributed by atoms with van der Waals surface area (Å²) in [4.78, 5) is 2.36. The minimum absolute atomic E-state index is 0.233. The molecule has 1 atom stereocenters. The molecule has 0 fully saturated rings. The minimum Gasteiger partial charge on any atom is -0.464 e. The van der Waals surface area contributed by atoms with E-state index in [1.807, 2.05) is 6.07 Å². The first-order chi connectivity index (χ1) is 28.7. The average Bonchev–Trinajstić information content (AvgIpc) is 3.75. The van der Waals surface area contributed by atoms with Crippen LogP contribution in [0.1, 0.15) is 11.8 Å². The predicted octanol–water partition coefficient (Wildman–Crippen LogP) is 15.1. The fourth-order valence-electron chi connectivity index (χ4n) is 8.67. The van der Waals surface area contributed by atoms with Crippen LogP contribution in [0.5, 0.6) is 5.75 Å². The van der Waals surface area contributed by atoms with Gasteiger partial charge in [0, 0.05) is 28.0 Å². The largest absolute Gasteiger partial charge is 0.464 e. The molecule has 1 unspecified atom stereocenters. The van der Waals surface area contributed by atoms with Crippen molar-refractivity contribution in [1.82, 2.24) is 0 Å². The molecule has 0 saturated carbocycles. The third-order valence-corrected chi connectivity index (χ3v) is 11.5. The van der Waals surface area contributed by atoms with Gasteiger partial charge in [0.25, 0.3) is 0 Å². The molecule has 0 saturated heterocycles. The van der Waals surface area contributed by atoms with E-state index in [0.29, 0.717) is 0 Å². The quantitative estimate of drug-likeness (QED) is 0.165. The Morgan fingerprint density at radius 1 is 0.379 bits per heavy atom. The number of benzene rings is 10. The molecule has 1 heterocycles. The van der Waals surface area contributed by atoms with Gasteiger partial charge in [-0.2, -0.15) is 0 Å². The molecule has 58 heavy (non-hydrogen) atoms. The van der Waals surface area contributed by atoms with E-state index in [0.717, 1.165) is 56.0 Å². The Kier molecular flexibility index (Phi) is 8.22. The van der Waals surface area contributed by atoms with Gasteiger partial charge in [0.1, 0.15) is 0 Å². The smallest absolute Gasteiger partial charge is 0.196 e. The Hall–Kier alpha value is -7.62. The van der Waals surface area contributed by atoms with Crippen LogP contribution in [0, 0.1) is 0 Å². The first-order valence-corrected chi connectivity index (χ1v) is 19.9. The summed E-state index contributed by atoms with van der Waals surface area (Å²) >= 11 is 0. The summed E-state index contributed by atoms with van der Waals surface area (Å²) in [5.41, 5.74) is 12.4. The number of ether oxygens (including phenoxy) is 1. The molecule has 0 bridgehead atoms. The van der Waals surface area contributed by atoms with Crippen LogP contribution in [0.3, 0.4) is 0 Å². The van der Waals surface area contributed by atoms with Crippen molar-refractivity contribution in [3.63, 3.8) is 0 Å². The van der Waals surface area contributed by atoms with Gasteiger partial charge in [-0.1, -0.05) is 170 Å². The van der Waals surface area contributed by atoms with Crippen molar-refractivity contribution in [3.05, 3.63) is 224 Å². The molecule has 3 heteroatoms. The normalized spacial score (nSPS) is 13.3. The highest BCUT2D eigenvalue weighted by molar-refractivity contribution is 6.14. The number of fused-ring (bicyclic) bond motifs is 6. The molecule has 1 aliphatic rings. The molecule has 1 N–H and O–H groups in total. The van der Waals surface area contributed by atoms with E-state index < -0.39 is 0 Å². The van der Waals surface area contributed by atoms with E-state index in [1.54, 1.807) is 0 Å². The van der Waals surface area contributed by atoms with Crippen molar-refractivity contribution in [2.45, 2.75) is 6.23 Å². The molecule has 10 aromatic rings. The summed E-state index contributed by atoms with van der Waals surface area (Å²) in [7, 11) is 0. The molecule has 0 amide bonds. The summed E-state index contributed by atoms with van der Waals surface area (Å²) in [5.74, 6) is 0.893. The van der Waals surface area contributed by atoms with Crippen molar-refractivity contribution in [3.8, 4) is 39.1 Å². The van der Waals surface area contributed by atoms with Crippen molar-refractivity contribution < 1.29 is 4.74 Å². The monoisotopic (exact) mass is 742 g/mol. The molecule has 11 rings (SSSR count). The molecule has 1 aliphatic heterocycles. The summed E-state index contributed by atoms with van der Waals surface area (Å²) < 4.78 is 6.66. The lowest BCUT2D eigenvalue weighted by Crippen LogP contribution is -2.10. The van der Waals surface area contributed by atoms with Gasteiger partial charge in [0.15, 0.2) is 12.0 Å². The fourth-order valence-corrected chi connectivity index (χ4v) is 8.67. The lowest BCUT2D eigenvalue weighted by atomic mass is 9.93. The van der Waals surface area contributed by atoms with Crippen LogP contribution < -0.4 is 15.0 Å². The van der Waals surface area contributed by atoms with Gasteiger partial charge in [0.05, 0.1) is 5.69 Å². The molecule has 3 nitrogen and oxygen atoms in total. The second-order valence-electron chi connectivity index (χ2n) is 14.9. The Bertz CT molecular complexity index is 3100. The number of hydrogen-bond acceptors (Lipinski definition) is 3. The molecule has 0 aromatic heterocycles. The number of rotatable bonds is 7. The minimum atomic E-state index is -0.233. The Morgan fingerprint density at radius 3 is 1.74 bits per heavy atom.